The molecule has 0 aliphatic rings. The summed E-state index contributed by atoms with van der Waals surface area (Å²) >= 11 is 1.30. The van der Waals surface area contributed by atoms with Crippen LogP contribution in [0.2, 0.25) is 0 Å². The molecule has 1 heterocycles. The lowest BCUT2D eigenvalue weighted by Crippen LogP contribution is -2.04. The van der Waals surface area contributed by atoms with Crippen LogP contribution in [0.25, 0.3) is 0 Å². The molecule has 0 spiro atoms. The van der Waals surface area contributed by atoms with Crippen LogP contribution in [0, 0.1) is 6.92 Å². The average Bonchev–Trinajstić information content (AvgIpc) is 2.80. The van der Waals surface area contributed by atoms with Crippen molar-refractivity contribution in [1.29, 1.82) is 0 Å². The Kier molecular flexibility index (Phi) is 3.86. The first-order valence-electron chi connectivity index (χ1n) is 5.76. The van der Waals surface area contributed by atoms with Crippen LogP contribution in [-0.4, -0.2) is 14.7 Å². The van der Waals surface area contributed by atoms with Crippen molar-refractivity contribution in [1.82, 2.24) is 9.59 Å². The number of aryl methyl sites for hydroxylation is 2. The first kappa shape index (κ1) is 12.2. The summed E-state index contributed by atoms with van der Waals surface area (Å²) in [5, 5.41) is 14.3. The van der Waals surface area contributed by atoms with Crippen molar-refractivity contribution in [2.24, 2.45) is 0 Å². The zero-order valence-corrected chi connectivity index (χ0v) is 10.9. The van der Waals surface area contributed by atoms with Gasteiger partial charge in [-0.3, -0.25) is 0 Å². The molecule has 17 heavy (non-hydrogen) atoms. The molecule has 2 aromatic rings. The molecule has 4 heteroatoms. The number of hydrogen-bond donors (Lipinski definition) is 1. The van der Waals surface area contributed by atoms with Crippen LogP contribution in [0.1, 0.15) is 34.7 Å². The lowest BCUT2D eigenvalue weighted by atomic mass is 10.0. The molecule has 0 aliphatic carbocycles. The van der Waals surface area contributed by atoms with Gasteiger partial charge in [0.1, 0.15) is 0 Å². The monoisotopic (exact) mass is 248 g/mol. The van der Waals surface area contributed by atoms with E-state index in [0.29, 0.717) is 6.42 Å². The summed E-state index contributed by atoms with van der Waals surface area (Å²) in [6.07, 6.45) is 0.950. The number of aliphatic hydroxyl groups is 1. The van der Waals surface area contributed by atoms with Crippen LogP contribution in [0.5, 0.6) is 0 Å². The number of nitrogens with zero attached hydrogens (tertiary/aromatic N) is 2. The molecule has 3 nitrogen and oxygen atoms in total. The zero-order valence-electron chi connectivity index (χ0n) is 10.1. The number of rotatable bonds is 4. The third kappa shape index (κ3) is 2.70. The molecule has 90 valence electrons. The van der Waals surface area contributed by atoms with Crippen LogP contribution in [0.3, 0.4) is 0 Å². The second kappa shape index (κ2) is 5.38. The third-order valence-corrected chi connectivity index (χ3v) is 3.76. The highest BCUT2D eigenvalue weighted by Crippen LogP contribution is 2.25. The Balaban J connectivity index is 2.17. The molecule has 0 fully saturated rings. The molecular formula is C13H16N2OS. The fraction of sp³-hybridized carbons (Fsp3) is 0.385. The van der Waals surface area contributed by atoms with E-state index < -0.39 is 6.10 Å². The molecule has 0 bridgehead atoms. The van der Waals surface area contributed by atoms with Crippen molar-refractivity contribution in [2.45, 2.75) is 32.8 Å². The van der Waals surface area contributed by atoms with Crippen molar-refractivity contribution in [2.75, 3.05) is 0 Å². The van der Waals surface area contributed by atoms with Gasteiger partial charge in [0.2, 0.25) is 0 Å². The van der Waals surface area contributed by atoms with Gasteiger partial charge in [-0.2, -0.15) is 0 Å². The molecule has 1 aromatic heterocycles. The minimum Gasteiger partial charge on any atom is -0.387 e. The van der Waals surface area contributed by atoms with Gasteiger partial charge in [0, 0.05) is 6.42 Å². The molecule has 0 saturated carbocycles. The van der Waals surface area contributed by atoms with Crippen molar-refractivity contribution >= 4 is 11.5 Å². The highest BCUT2D eigenvalue weighted by Gasteiger charge is 2.16. The maximum absolute atomic E-state index is 10.2. The molecule has 1 unspecified atom stereocenters. The summed E-state index contributed by atoms with van der Waals surface area (Å²) in [6, 6.07) is 8.13. The van der Waals surface area contributed by atoms with Gasteiger partial charge in [-0.05, 0) is 36.0 Å². The first-order valence-corrected chi connectivity index (χ1v) is 6.53. The molecular weight excluding hydrogens is 232 g/mol. The number of aromatic nitrogens is 2. The lowest BCUT2D eigenvalue weighted by Gasteiger charge is -2.11. The molecule has 0 amide bonds. The molecule has 0 aliphatic heterocycles. The van der Waals surface area contributed by atoms with E-state index in [1.807, 2.05) is 19.1 Å². The highest BCUT2D eigenvalue weighted by molar-refractivity contribution is 7.05. The topological polar surface area (TPSA) is 46.0 Å². The van der Waals surface area contributed by atoms with Gasteiger partial charge in [0.05, 0.1) is 16.7 Å². The van der Waals surface area contributed by atoms with Crippen LogP contribution in [0.4, 0.5) is 0 Å². The van der Waals surface area contributed by atoms with Gasteiger partial charge in [-0.15, -0.1) is 5.10 Å². The molecule has 2 rings (SSSR count). The molecule has 1 atom stereocenters. The fourth-order valence-corrected chi connectivity index (χ4v) is 2.58. The largest absolute Gasteiger partial charge is 0.387 e. The molecule has 0 radical (unpaired) electrons. The number of aliphatic hydroxyl groups excluding tert-OH is 1. The summed E-state index contributed by atoms with van der Waals surface area (Å²) < 4.78 is 3.91. The number of benzene rings is 1. The Hall–Kier alpha value is -1.26. The summed E-state index contributed by atoms with van der Waals surface area (Å²) in [7, 11) is 0. The van der Waals surface area contributed by atoms with E-state index in [1.165, 1.54) is 22.7 Å². The minimum atomic E-state index is -0.494. The maximum atomic E-state index is 10.2. The highest BCUT2D eigenvalue weighted by atomic mass is 32.1. The Morgan fingerprint density at radius 1 is 1.35 bits per heavy atom. The summed E-state index contributed by atoms with van der Waals surface area (Å²) in [5.41, 5.74) is 3.30. The molecule has 1 aromatic carbocycles. The van der Waals surface area contributed by atoms with Gasteiger partial charge in [-0.1, -0.05) is 35.7 Å². The molecule has 0 saturated heterocycles. The van der Waals surface area contributed by atoms with Gasteiger partial charge >= 0.3 is 0 Å². The smallest absolute Gasteiger partial charge is 0.0957 e. The SMILES string of the molecule is CCc1nnsc1C(O)Cc1ccccc1C. The third-order valence-electron chi connectivity index (χ3n) is 2.90. The molecule has 1 N–H and O–H groups in total. The predicted octanol–water partition coefficient (Wildman–Crippen LogP) is 2.69. The van der Waals surface area contributed by atoms with Gasteiger partial charge < -0.3 is 5.11 Å². The quantitative estimate of drug-likeness (QED) is 0.905. The zero-order chi connectivity index (χ0) is 12.3. The van der Waals surface area contributed by atoms with E-state index in [0.717, 1.165) is 17.0 Å². The Bertz CT molecular complexity index is 496. The van der Waals surface area contributed by atoms with E-state index in [9.17, 15) is 5.11 Å². The van der Waals surface area contributed by atoms with E-state index in [-0.39, 0.29) is 0 Å². The fourth-order valence-electron chi connectivity index (χ4n) is 1.85. The Labute approximate surface area is 105 Å². The second-order valence-electron chi connectivity index (χ2n) is 4.08. The second-order valence-corrected chi connectivity index (χ2v) is 4.87. The van der Waals surface area contributed by atoms with Crippen LogP contribution < -0.4 is 0 Å². The van der Waals surface area contributed by atoms with Crippen LogP contribution >= 0.6 is 11.5 Å². The first-order chi connectivity index (χ1) is 8.22. The van der Waals surface area contributed by atoms with Gasteiger partial charge in [0.25, 0.3) is 0 Å². The van der Waals surface area contributed by atoms with Crippen molar-refractivity contribution in [3.63, 3.8) is 0 Å². The Morgan fingerprint density at radius 2 is 2.12 bits per heavy atom. The van der Waals surface area contributed by atoms with Gasteiger partial charge in [-0.25, -0.2) is 0 Å². The summed E-state index contributed by atoms with van der Waals surface area (Å²) in [4.78, 5) is 0.899. The Morgan fingerprint density at radius 3 is 2.82 bits per heavy atom. The van der Waals surface area contributed by atoms with E-state index in [2.05, 4.69) is 28.6 Å². The van der Waals surface area contributed by atoms with Crippen molar-refractivity contribution in [3.05, 3.63) is 46.0 Å². The maximum Gasteiger partial charge on any atom is 0.0957 e. The minimum absolute atomic E-state index is 0.494. The predicted molar refractivity (Wildman–Crippen MR) is 69.1 cm³/mol. The van der Waals surface area contributed by atoms with E-state index >= 15 is 0 Å². The van der Waals surface area contributed by atoms with Crippen molar-refractivity contribution < 1.29 is 5.11 Å². The van der Waals surface area contributed by atoms with E-state index in [1.54, 1.807) is 0 Å². The summed E-state index contributed by atoms with van der Waals surface area (Å²) in [6.45, 7) is 4.09. The lowest BCUT2D eigenvalue weighted by molar-refractivity contribution is 0.181. The summed E-state index contributed by atoms with van der Waals surface area (Å²) in [5.74, 6) is 0. The normalized spacial score (nSPS) is 12.6. The van der Waals surface area contributed by atoms with E-state index in [4.69, 9.17) is 0 Å². The average molecular weight is 248 g/mol. The van der Waals surface area contributed by atoms with Gasteiger partial charge in [0.15, 0.2) is 0 Å². The van der Waals surface area contributed by atoms with Crippen LogP contribution in [-0.2, 0) is 12.8 Å². The standard InChI is InChI=1S/C13H16N2OS/c1-3-11-13(17-15-14-11)12(16)8-10-7-5-4-6-9(10)2/h4-7,12,16H,3,8H2,1-2H3. The van der Waals surface area contributed by atoms with Crippen molar-refractivity contribution in [3.8, 4) is 0 Å². The van der Waals surface area contributed by atoms with Crippen LogP contribution in [0.15, 0.2) is 24.3 Å². The number of hydrogen-bond acceptors (Lipinski definition) is 4.